The molecule has 1 saturated heterocycles. The van der Waals surface area contributed by atoms with Crippen molar-refractivity contribution in [3.63, 3.8) is 0 Å². The molecule has 2 heterocycles. The largest absolute Gasteiger partial charge is 0.378 e. The summed E-state index contributed by atoms with van der Waals surface area (Å²) in [6, 6.07) is 8.30. The van der Waals surface area contributed by atoms with E-state index in [1.807, 2.05) is 29.2 Å². The molecule has 3 rings (SSSR count). The van der Waals surface area contributed by atoms with Crippen LogP contribution in [0.2, 0.25) is 0 Å². The Morgan fingerprint density at radius 1 is 1.23 bits per heavy atom. The van der Waals surface area contributed by atoms with Crippen LogP contribution in [0, 0.1) is 0 Å². The van der Waals surface area contributed by atoms with Crippen LogP contribution in [0.1, 0.15) is 11.1 Å². The molecule has 0 amide bonds. The minimum Gasteiger partial charge on any atom is -0.378 e. The highest BCUT2D eigenvalue weighted by atomic mass is 16.5. The van der Waals surface area contributed by atoms with Crippen LogP contribution in [0.15, 0.2) is 48.0 Å². The fraction of sp³-hybridized carbons (Fsp3) is 0.375. The standard InChI is InChI=1S/C16H21N5O/c17-16(21-7-9-22-10-8-21)19-11-14-3-1-2-4-15(14)12-20-6-5-18-13-20/h1-6,13H,7-12H2,(H2,17,19). The van der Waals surface area contributed by atoms with E-state index >= 15 is 0 Å². The molecule has 1 fully saturated rings. The fourth-order valence-corrected chi connectivity index (χ4v) is 2.50. The Labute approximate surface area is 130 Å². The molecule has 1 aliphatic rings. The molecule has 0 saturated carbocycles. The molecular formula is C16H21N5O. The number of aliphatic imine (C=N–C) groups is 1. The van der Waals surface area contributed by atoms with Crippen molar-refractivity contribution in [3.8, 4) is 0 Å². The summed E-state index contributed by atoms with van der Waals surface area (Å²) >= 11 is 0. The van der Waals surface area contributed by atoms with E-state index in [-0.39, 0.29) is 0 Å². The van der Waals surface area contributed by atoms with Gasteiger partial charge in [0.2, 0.25) is 0 Å². The molecule has 6 nitrogen and oxygen atoms in total. The van der Waals surface area contributed by atoms with Gasteiger partial charge in [-0.05, 0) is 11.1 Å². The zero-order valence-corrected chi connectivity index (χ0v) is 12.6. The van der Waals surface area contributed by atoms with Crippen molar-refractivity contribution < 1.29 is 4.74 Å². The second-order valence-electron chi connectivity index (χ2n) is 5.28. The van der Waals surface area contributed by atoms with Crippen LogP contribution in [-0.4, -0.2) is 46.7 Å². The van der Waals surface area contributed by atoms with E-state index < -0.39 is 0 Å². The van der Waals surface area contributed by atoms with Crippen LogP contribution in [-0.2, 0) is 17.8 Å². The van der Waals surface area contributed by atoms with E-state index in [0.717, 1.165) is 19.6 Å². The molecule has 1 aromatic heterocycles. The topological polar surface area (TPSA) is 68.7 Å². The van der Waals surface area contributed by atoms with Gasteiger partial charge in [0.15, 0.2) is 5.96 Å². The van der Waals surface area contributed by atoms with E-state index in [0.29, 0.717) is 25.7 Å². The van der Waals surface area contributed by atoms with E-state index in [1.54, 1.807) is 6.20 Å². The molecule has 0 bridgehead atoms. The van der Waals surface area contributed by atoms with Gasteiger partial charge >= 0.3 is 0 Å². The number of nitrogens with zero attached hydrogens (tertiary/aromatic N) is 4. The maximum atomic E-state index is 6.09. The monoisotopic (exact) mass is 299 g/mol. The molecule has 0 spiro atoms. The van der Waals surface area contributed by atoms with Gasteiger partial charge < -0.3 is 19.9 Å². The van der Waals surface area contributed by atoms with Gasteiger partial charge in [-0.15, -0.1) is 0 Å². The van der Waals surface area contributed by atoms with Crippen LogP contribution in [0.25, 0.3) is 0 Å². The fourth-order valence-electron chi connectivity index (χ4n) is 2.50. The summed E-state index contributed by atoms with van der Waals surface area (Å²) < 4.78 is 7.38. The lowest BCUT2D eigenvalue weighted by molar-refractivity contribution is 0.0674. The van der Waals surface area contributed by atoms with Crippen LogP contribution in [0.3, 0.4) is 0 Å². The van der Waals surface area contributed by atoms with Crippen molar-refractivity contribution in [1.29, 1.82) is 0 Å². The van der Waals surface area contributed by atoms with Gasteiger partial charge in [0.1, 0.15) is 0 Å². The van der Waals surface area contributed by atoms with Crippen LogP contribution in [0.5, 0.6) is 0 Å². The molecule has 2 N–H and O–H groups in total. The minimum atomic E-state index is 0.591. The number of hydrogen-bond donors (Lipinski definition) is 1. The number of guanidine groups is 1. The van der Waals surface area contributed by atoms with Crippen molar-refractivity contribution in [3.05, 3.63) is 54.1 Å². The predicted octanol–water partition coefficient (Wildman–Crippen LogP) is 1.08. The third-order valence-corrected chi connectivity index (χ3v) is 3.78. The van der Waals surface area contributed by atoms with Crippen molar-refractivity contribution >= 4 is 5.96 Å². The second kappa shape index (κ2) is 7.09. The first-order chi connectivity index (χ1) is 10.8. The lowest BCUT2D eigenvalue weighted by Crippen LogP contribution is -2.44. The maximum absolute atomic E-state index is 6.09. The normalized spacial score (nSPS) is 16.0. The number of morpholine rings is 1. The Kier molecular flexibility index (Phi) is 4.70. The maximum Gasteiger partial charge on any atom is 0.191 e. The SMILES string of the molecule is NC(=NCc1ccccc1Cn1ccnc1)N1CCOCC1. The zero-order chi connectivity index (χ0) is 15.2. The Balaban J connectivity index is 1.69. The van der Waals surface area contributed by atoms with E-state index in [9.17, 15) is 0 Å². The number of aromatic nitrogens is 2. The molecule has 6 heteroatoms. The average Bonchev–Trinajstić information content (AvgIpc) is 3.07. The van der Waals surface area contributed by atoms with Crippen molar-refractivity contribution in [2.45, 2.75) is 13.1 Å². The lowest BCUT2D eigenvalue weighted by Gasteiger charge is -2.27. The molecule has 0 radical (unpaired) electrons. The summed E-state index contributed by atoms with van der Waals surface area (Å²) in [4.78, 5) is 10.7. The molecule has 2 aromatic rings. The zero-order valence-electron chi connectivity index (χ0n) is 12.6. The summed E-state index contributed by atoms with van der Waals surface area (Å²) in [5.74, 6) is 0.598. The molecule has 116 valence electrons. The average molecular weight is 299 g/mol. The summed E-state index contributed by atoms with van der Waals surface area (Å²) in [6.45, 7) is 4.44. The van der Waals surface area contributed by atoms with Gasteiger partial charge in [-0.25, -0.2) is 9.98 Å². The number of benzene rings is 1. The number of hydrogen-bond acceptors (Lipinski definition) is 3. The number of nitrogens with two attached hydrogens (primary N) is 1. The molecule has 1 aromatic carbocycles. The molecular weight excluding hydrogens is 278 g/mol. The number of rotatable bonds is 4. The van der Waals surface area contributed by atoms with Gasteiger partial charge in [0.25, 0.3) is 0 Å². The van der Waals surface area contributed by atoms with Gasteiger partial charge in [-0.1, -0.05) is 24.3 Å². The third kappa shape index (κ3) is 3.65. The first-order valence-electron chi connectivity index (χ1n) is 7.48. The van der Waals surface area contributed by atoms with Crippen LogP contribution in [0.4, 0.5) is 0 Å². The summed E-state index contributed by atoms with van der Waals surface area (Å²) in [5, 5.41) is 0. The summed E-state index contributed by atoms with van der Waals surface area (Å²) in [7, 11) is 0. The molecule has 0 unspecified atom stereocenters. The van der Waals surface area contributed by atoms with Crippen LogP contribution >= 0.6 is 0 Å². The van der Waals surface area contributed by atoms with Crippen molar-refractivity contribution in [2.75, 3.05) is 26.3 Å². The van der Waals surface area contributed by atoms with E-state index in [1.165, 1.54) is 11.1 Å². The second-order valence-corrected chi connectivity index (χ2v) is 5.28. The van der Waals surface area contributed by atoms with Gasteiger partial charge in [-0.2, -0.15) is 0 Å². The van der Waals surface area contributed by atoms with Crippen LogP contribution < -0.4 is 5.73 Å². The van der Waals surface area contributed by atoms with Gasteiger partial charge in [0.05, 0.1) is 26.1 Å². The lowest BCUT2D eigenvalue weighted by atomic mass is 10.1. The predicted molar refractivity (Wildman–Crippen MR) is 85.5 cm³/mol. The highest BCUT2D eigenvalue weighted by molar-refractivity contribution is 5.78. The Morgan fingerprint density at radius 2 is 2.00 bits per heavy atom. The minimum absolute atomic E-state index is 0.591. The number of ether oxygens (including phenoxy) is 1. The third-order valence-electron chi connectivity index (χ3n) is 3.78. The molecule has 22 heavy (non-hydrogen) atoms. The first-order valence-corrected chi connectivity index (χ1v) is 7.48. The molecule has 1 aliphatic heterocycles. The number of imidazole rings is 1. The summed E-state index contributed by atoms with van der Waals surface area (Å²) in [5.41, 5.74) is 8.51. The Bertz CT molecular complexity index is 617. The van der Waals surface area contributed by atoms with Gasteiger partial charge in [0, 0.05) is 32.0 Å². The van der Waals surface area contributed by atoms with Crippen molar-refractivity contribution in [2.24, 2.45) is 10.7 Å². The van der Waals surface area contributed by atoms with Gasteiger partial charge in [-0.3, -0.25) is 0 Å². The van der Waals surface area contributed by atoms with E-state index in [2.05, 4.69) is 27.0 Å². The Morgan fingerprint density at radius 3 is 2.73 bits per heavy atom. The highest BCUT2D eigenvalue weighted by Crippen LogP contribution is 2.12. The molecule has 0 atom stereocenters. The molecule has 0 aliphatic carbocycles. The summed E-state index contributed by atoms with van der Waals surface area (Å²) in [6.07, 6.45) is 5.57. The van der Waals surface area contributed by atoms with E-state index in [4.69, 9.17) is 10.5 Å². The highest BCUT2D eigenvalue weighted by Gasteiger charge is 2.12. The van der Waals surface area contributed by atoms with Crippen molar-refractivity contribution in [1.82, 2.24) is 14.5 Å². The first kappa shape index (κ1) is 14.6. The Hall–Kier alpha value is -2.34. The quantitative estimate of drug-likeness (QED) is 0.677. The smallest absolute Gasteiger partial charge is 0.191 e.